The SMILES string of the molecule is CC/C=C\C/C=C\C/C=C\C/C=C\C/C=C\C/C=C\C/C=C\CCCCCCCC(=O)OC(COC(=O)CCCCCCCCCCCCCCCCCCCCCCCCCCCCCCCCCCCCC)COP(=O)(O)OCCN. The second-order valence-corrected chi connectivity index (χ2v) is 24.8. The molecule has 9 nitrogen and oxygen atoms in total. The summed E-state index contributed by atoms with van der Waals surface area (Å²) in [6, 6.07) is 0. The van der Waals surface area contributed by atoms with Crippen molar-refractivity contribution in [1.82, 2.24) is 0 Å². The van der Waals surface area contributed by atoms with Gasteiger partial charge in [-0.15, -0.1) is 0 Å². The Bertz CT molecular complexity index is 1640. The predicted octanol–water partition coefficient (Wildman–Crippen LogP) is 23.0. The van der Waals surface area contributed by atoms with Gasteiger partial charge in [-0.3, -0.25) is 18.6 Å². The summed E-state index contributed by atoms with van der Waals surface area (Å²) >= 11 is 0. The fourth-order valence-corrected chi connectivity index (χ4v) is 10.9. The zero-order valence-electron chi connectivity index (χ0n) is 54.2. The van der Waals surface area contributed by atoms with Crippen LogP contribution in [0.4, 0.5) is 0 Å². The summed E-state index contributed by atoms with van der Waals surface area (Å²) in [5.74, 6) is -0.841. The molecule has 2 atom stereocenters. The van der Waals surface area contributed by atoms with E-state index in [1.165, 1.54) is 205 Å². The highest BCUT2D eigenvalue weighted by atomic mass is 31.2. The Balaban J connectivity index is 3.87. The molecule has 0 spiro atoms. The van der Waals surface area contributed by atoms with Gasteiger partial charge in [-0.1, -0.05) is 336 Å². The molecule has 83 heavy (non-hydrogen) atoms. The van der Waals surface area contributed by atoms with Gasteiger partial charge in [0.1, 0.15) is 6.61 Å². The molecule has 482 valence electrons. The van der Waals surface area contributed by atoms with Crippen molar-refractivity contribution in [2.75, 3.05) is 26.4 Å². The minimum absolute atomic E-state index is 0.0471. The lowest BCUT2D eigenvalue weighted by Crippen LogP contribution is -2.29. The Hall–Kier alpha value is -2.81. The molecular weight excluding hydrogens is 1050 g/mol. The molecule has 0 aromatic carbocycles. The van der Waals surface area contributed by atoms with Crippen LogP contribution in [0.3, 0.4) is 0 Å². The topological polar surface area (TPSA) is 134 Å². The lowest BCUT2D eigenvalue weighted by Gasteiger charge is -2.19. The van der Waals surface area contributed by atoms with E-state index in [1.54, 1.807) is 0 Å². The van der Waals surface area contributed by atoms with Crippen molar-refractivity contribution in [2.24, 2.45) is 5.73 Å². The van der Waals surface area contributed by atoms with Crippen LogP contribution in [0.25, 0.3) is 0 Å². The van der Waals surface area contributed by atoms with Crippen LogP contribution in [-0.2, 0) is 32.7 Å². The van der Waals surface area contributed by atoms with Crippen molar-refractivity contribution in [3.8, 4) is 0 Å². The van der Waals surface area contributed by atoms with Gasteiger partial charge in [0, 0.05) is 19.4 Å². The van der Waals surface area contributed by atoms with Gasteiger partial charge in [-0.05, 0) is 70.6 Å². The van der Waals surface area contributed by atoms with Gasteiger partial charge in [-0.25, -0.2) is 4.57 Å². The van der Waals surface area contributed by atoms with Gasteiger partial charge in [0.05, 0.1) is 13.2 Å². The van der Waals surface area contributed by atoms with Crippen molar-refractivity contribution >= 4 is 19.8 Å². The Morgan fingerprint density at radius 3 is 0.988 bits per heavy atom. The molecule has 0 aliphatic rings. The standard InChI is InChI=1S/C73H132NO8P/c1-3-5-7-9-11-13-15-17-19-21-23-25-27-29-31-32-33-34-35-36-37-38-40-41-43-45-47-49-51-53-55-57-59-61-63-65-72(75)79-69-71(70-81-83(77,78)80-68-67-74)82-73(76)66-64-62-60-58-56-54-52-50-48-46-44-42-39-30-28-26-24-22-20-18-16-14-12-10-8-6-4-2/h6,8,12,14,18,20,24,26,30,39,44,46,50,52,71H,3-5,7,9-11,13,15-17,19,21-23,25,27-29,31-38,40-43,45,47-49,51,53-70,74H2,1-2H3,(H,77,78)/b8-6-,14-12-,20-18-,26-24-,39-30-,46-44-,52-50-. The third-order valence-corrected chi connectivity index (χ3v) is 16.3. The molecule has 0 radical (unpaired) electrons. The smallest absolute Gasteiger partial charge is 0.462 e. The van der Waals surface area contributed by atoms with Crippen LogP contribution in [0.15, 0.2) is 85.1 Å². The Kier molecular flexibility index (Phi) is 66.0. The fourth-order valence-electron chi connectivity index (χ4n) is 10.2. The Labute approximate surface area is 513 Å². The number of esters is 2. The maximum absolute atomic E-state index is 12.7. The second kappa shape index (κ2) is 68.3. The molecule has 0 rings (SSSR count). The average molecular weight is 1180 g/mol. The summed E-state index contributed by atoms with van der Waals surface area (Å²) in [6.45, 7) is 3.65. The van der Waals surface area contributed by atoms with Gasteiger partial charge in [0.2, 0.25) is 0 Å². The van der Waals surface area contributed by atoms with Crippen LogP contribution < -0.4 is 5.73 Å². The summed E-state index contributed by atoms with van der Waals surface area (Å²) in [5, 5.41) is 0. The number of nitrogens with two attached hydrogens (primary N) is 1. The largest absolute Gasteiger partial charge is 0.472 e. The number of allylic oxidation sites excluding steroid dienone is 14. The normalized spacial score (nSPS) is 13.4. The molecule has 0 aromatic heterocycles. The number of hydrogen-bond donors (Lipinski definition) is 2. The summed E-state index contributed by atoms with van der Waals surface area (Å²) in [6.07, 6.45) is 91.2. The minimum atomic E-state index is -4.40. The molecule has 0 aromatic rings. The molecule has 2 unspecified atom stereocenters. The lowest BCUT2D eigenvalue weighted by molar-refractivity contribution is -0.161. The quantitative estimate of drug-likeness (QED) is 0.0264. The van der Waals surface area contributed by atoms with Crippen molar-refractivity contribution in [2.45, 2.75) is 341 Å². The number of rotatable bonds is 66. The first-order valence-corrected chi connectivity index (χ1v) is 36.6. The van der Waals surface area contributed by atoms with Gasteiger partial charge in [0.15, 0.2) is 6.10 Å². The van der Waals surface area contributed by atoms with E-state index >= 15 is 0 Å². The molecular formula is C73H132NO8P. The van der Waals surface area contributed by atoms with Gasteiger partial charge in [0.25, 0.3) is 0 Å². The van der Waals surface area contributed by atoms with Crippen LogP contribution >= 0.6 is 7.82 Å². The van der Waals surface area contributed by atoms with Gasteiger partial charge in [-0.2, -0.15) is 0 Å². The number of unbranched alkanes of at least 4 members (excludes halogenated alkanes) is 39. The monoisotopic (exact) mass is 1180 g/mol. The Morgan fingerprint density at radius 1 is 0.373 bits per heavy atom. The number of carbonyl (C=O) groups is 2. The molecule has 0 aliphatic heterocycles. The zero-order chi connectivity index (χ0) is 60.1. The number of phosphoric acid groups is 1. The van der Waals surface area contributed by atoms with Crippen LogP contribution in [0, 0.1) is 0 Å². The molecule has 0 fully saturated rings. The first-order valence-electron chi connectivity index (χ1n) is 35.1. The predicted molar refractivity (Wildman–Crippen MR) is 358 cm³/mol. The van der Waals surface area contributed by atoms with Crippen molar-refractivity contribution in [3.05, 3.63) is 85.1 Å². The fraction of sp³-hybridized carbons (Fsp3) is 0.781. The summed E-state index contributed by atoms with van der Waals surface area (Å²) < 4.78 is 33.1. The highest BCUT2D eigenvalue weighted by molar-refractivity contribution is 7.47. The number of hydrogen-bond acceptors (Lipinski definition) is 8. The molecule has 0 aliphatic carbocycles. The van der Waals surface area contributed by atoms with Crippen molar-refractivity contribution < 1.29 is 37.6 Å². The Morgan fingerprint density at radius 2 is 0.663 bits per heavy atom. The van der Waals surface area contributed by atoms with Crippen LogP contribution in [0.1, 0.15) is 335 Å². The van der Waals surface area contributed by atoms with E-state index in [-0.39, 0.29) is 38.6 Å². The van der Waals surface area contributed by atoms with Crippen LogP contribution in [0.2, 0.25) is 0 Å². The van der Waals surface area contributed by atoms with Crippen LogP contribution in [0.5, 0.6) is 0 Å². The molecule has 10 heteroatoms. The lowest BCUT2D eigenvalue weighted by atomic mass is 10.0. The van der Waals surface area contributed by atoms with Crippen LogP contribution in [-0.4, -0.2) is 49.3 Å². The first kappa shape index (κ1) is 80.2. The first-order chi connectivity index (χ1) is 40.8. The van der Waals surface area contributed by atoms with E-state index in [4.69, 9.17) is 24.3 Å². The van der Waals surface area contributed by atoms with E-state index in [9.17, 15) is 19.0 Å². The highest BCUT2D eigenvalue weighted by Crippen LogP contribution is 2.43. The second-order valence-electron chi connectivity index (χ2n) is 23.4. The molecule has 0 heterocycles. The van der Waals surface area contributed by atoms with E-state index < -0.39 is 26.5 Å². The molecule has 0 saturated carbocycles. The van der Waals surface area contributed by atoms with E-state index in [0.29, 0.717) is 6.42 Å². The highest BCUT2D eigenvalue weighted by Gasteiger charge is 2.26. The molecule has 0 saturated heterocycles. The summed E-state index contributed by atoms with van der Waals surface area (Å²) in [5.41, 5.74) is 5.40. The summed E-state index contributed by atoms with van der Waals surface area (Å²) in [7, 11) is -4.40. The number of carbonyl (C=O) groups excluding carboxylic acids is 2. The maximum atomic E-state index is 12.7. The van der Waals surface area contributed by atoms with Gasteiger partial charge < -0.3 is 20.1 Å². The van der Waals surface area contributed by atoms with Crippen molar-refractivity contribution in [1.29, 1.82) is 0 Å². The third-order valence-electron chi connectivity index (χ3n) is 15.3. The number of ether oxygens (including phenoxy) is 2. The molecule has 3 N–H and O–H groups in total. The average Bonchev–Trinajstić information content (AvgIpc) is 3.48. The van der Waals surface area contributed by atoms with Crippen molar-refractivity contribution in [3.63, 3.8) is 0 Å². The zero-order valence-corrected chi connectivity index (χ0v) is 55.1. The van der Waals surface area contributed by atoms with Gasteiger partial charge >= 0.3 is 19.8 Å². The minimum Gasteiger partial charge on any atom is -0.462 e. The number of phosphoric ester groups is 1. The maximum Gasteiger partial charge on any atom is 0.472 e. The van der Waals surface area contributed by atoms with E-state index in [1.807, 2.05) is 0 Å². The third kappa shape index (κ3) is 68.2. The molecule has 0 bridgehead atoms. The van der Waals surface area contributed by atoms with E-state index in [0.717, 1.165) is 96.3 Å². The van der Waals surface area contributed by atoms with E-state index in [2.05, 4.69) is 98.9 Å². The molecule has 0 amide bonds. The summed E-state index contributed by atoms with van der Waals surface area (Å²) in [4.78, 5) is 35.3.